The zero-order valence-electron chi connectivity index (χ0n) is 14.1. The number of hydrogen-bond acceptors (Lipinski definition) is 3. The molecule has 1 N–H and O–H groups in total. The van der Waals surface area contributed by atoms with Gasteiger partial charge in [0.25, 0.3) is 0 Å². The van der Waals surface area contributed by atoms with E-state index >= 15 is 0 Å². The van der Waals surface area contributed by atoms with E-state index in [0.29, 0.717) is 17.2 Å². The summed E-state index contributed by atoms with van der Waals surface area (Å²) in [7, 11) is 1.57. The van der Waals surface area contributed by atoms with Crippen LogP contribution in [-0.4, -0.2) is 28.0 Å². The maximum Gasteiger partial charge on any atom is 0.307 e. The molecule has 2 unspecified atom stereocenters. The first-order valence-electron chi connectivity index (χ1n) is 8.30. The molecular formula is C20H17ClN2O3. The molecule has 4 rings (SSSR count). The van der Waals surface area contributed by atoms with E-state index in [1.54, 1.807) is 23.9 Å². The van der Waals surface area contributed by atoms with Gasteiger partial charge in [-0.15, -0.1) is 0 Å². The summed E-state index contributed by atoms with van der Waals surface area (Å²) >= 11 is 6.28. The van der Waals surface area contributed by atoms with Gasteiger partial charge in [0.1, 0.15) is 5.75 Å². The van der Waals surface area contributed by atoms with Gasteiger partial charge in [0, 0.05) is 23.2 Å². The molecular weight excluding hydrogens is 352 g/mol. The van der Waals surface area contributed by atoms with Gasteiger partial charge in [-0.1, -0.05) is 29.8 Å². The van der Waals surface area contributed by atoms with Crippen molar-refractivity contribution in [2.75, 3.05) is 7.11 Å². The molecule has 0 saturated heterocycles. The van der Waals surface area contributed by atoms with E-state index in [9.17, 15) is 9.90 Å². The molecule has 0 spiro atoms. The molecule has 26 heavy (non-hydrogen) atoms. The Balaban J connectivity index is 1.81. The van der Waals surface area contributed by atoms with Crippen molar-refractivity contribution in [2.45, 2.75) is 12.3 Å². The summed E-state index contributed by atoms with van der Waals surface area (Å²) in [6.45, 7) is 0. The molecule has 5 nitrogen and oxygen atoms in total. The van der Waals surface area contributed by atoms with E-state index in [0.717, 1.165) is 22.5 Å². The number of carboxylic acid groups (broad SMARTS) is 1. The first-order chi connectivity index (χ1) is 12.6. The Bertz CT molecular complexity index is 968. The Kier molecular flexibility index (Phi) is 4.17. The van der Waals surface area contributed by atoms with Crippen molar-refractivity contribution in [3.05, 3.63) is 65.3 Å². The van der Waals surface area contributed by atoms with Crippen molar-refractivity contribution in [1.82, 2.24) is 9.78 Å². The second kappa shape index (κ2) is 6.50. The van der Waals surface area contributed by atoms with Gasteiger partial charge in [0.05, 0.1) is 29.4 Å². The molecule has 1 saturated carbocycles. The first-order valence-corrected chi connectivity index (χ1v) is 8.68. The largest absolute Gasteiger partial charge is 0.495 e. The fourth-order valence-corrected chi connectivity index (χ4v) is 3.48. The lowest BCUT2D eigenvalue weighted by Gasteiger charge is -2.06. The van der Waals surface area contributed by atoms with E-state index in [1.807, 2.05) is 42.6 Å². The molecule has 0 aliphatic heterocycles. The molecule has 2 atom stereocenters. The van der Waals surface area contributed by atoms with E-state index in [1.165, 1.54) is 0 Å². The molecule has 1 aliphatic rings. The fraction of sp³-hybridized carbons (Fsp3) is 0.200. The molecule has 1 heterocycles. The van der Waals surface area contributed by atoms with Gasteiger partial charge < -0.3 is 9.84 Å². The highest BCUT2D eigenvalue weighted by Gasteiger charge is 2.46. The van der Waals surface area contributed by atoms with Crippen molar-refractivity contribution in [3.63, 3.8) is 0 Å². The molecule has 0 amide bonds. The highest BCUT2D eigenvalue weighted by atomic mass is 35.5. The monoisotopic (exact) mass is 368 g/mol. The highest BCUT2D eigenvalue weighted by molar-refractivity contribution is 6.32. The van der Waals surface area contributed by atoms with Gasteiger partial charge in [0.2, 0.25) is 0 Å². The molecule has 0 radical (unpaired) electrons. The number of nitrogens with zero attached hydrogens (tertiary/aromatic N) is 2. The molecule has 132 valence electrons. The smallest absolute Gasteiger partial charge is 0.307 e. The molecule has 3 aromatic rings. The van der Waals surface area contributed by atoms with Crippen LogP contribution in [0.5, 0.6) is 5.75 Å². The summed E-state index contributed by atoms with van der Waals surface area (Å²) in [6.07, 6.45) is 2.56. The molecule has 1 fully saturated rings. The van der Waals surface area contributed by atoms with Crippen LogP contribution >= 0.6 is 11.6 Å². The van der Waals surface area contributed by atoms with Crippen LogP contribution in [0.2, 0.25) is 5.02 Å². The van der Waals surface area contributed by atoms with Crippen molar-refractivity contribution >= 4 is 17.6 Å². The standard InChI is InChI=1S/C20H17ClN2O3/c1-26-18-8-7-12(9-17(18)21)19-16(14-10-15(14)20(24)25)11-23(22-19)13-5-3-2-4-6-13/h2-9,11,14-15H,10H2,1H3,(H,24,25). The Morgan fingerprint density at radius 3 is 2.65 bits per heavy atom. The van der Waals surface area contributed by atoms with Crippen LogP contribution in [0.4, 0.5) is 0 Å². The average Bonchev–Trinajstić information content (AvgIpc) is 3.34. The Labute approximate surface area is 155 Å². The average molecular weight is 369 g/mol. The zero-order chi connectivity index (χ0) is 18.3. The van der Waals surface area contributed by atoms with Gasteiger partial charge >= 0.3 is 5.97 Å². The number of carboxylic acids is 1. The Morgan fingerprint density at radius 2 is 2.04 bits per heavy atom. The minimum absolute atomic E-state index is 0.0270. The summed E-state index contributed by atoms with van der Waals surface area (Å²) in [5.41, 5.74) is 3.46. The van der Waals surface area contributed by atoms with Crippen LogP contribution in [0, 0.1) is 5.92 Å². The number of ether oxygens (including phenoxy) is 1. The number of carbonyl (C=O) groups is 1. The van der Waals surface area contributed by atoms with Gasteiger partial charge in [-0.05, 0) is 36.8 Å². The maximum atomic E-state index is 11.3. The number of rotatable bonds is 5. The third kappa shape index (κ3) is 2.95. The number of hydrogen-bond donors (Lipinski definition) is 1. The second-order valence-electron chi connectivity index (χ2n) is 6.35. The molecule has 1 aliphatic carbocycles. The second-order valence-corrected chi connectivity index (χ2v) is 6.76. The van der Waals surface area contributed by atoms with Crippen molar-refractivity contribution < 1.29 is 14.6 Å². The summed E-state index contributed by atoms with van der Waals surface area (Å²) in [4.78, 5) is 11.3. The van der Waals surface area contributed by atoms with Gasteiger partial charge in [-0.25, -0.2) is 4.68 Å². The lowest BCUT2D eigenvalue weighted by atomic mass is 10.0. The van der Waals surface area contributed by atoms with Crippen molar-refractivity contribution in [2.24, 2.45) is 5.92 Å². The van der Waals surface area contributed by atoms with Gasteiger partial charge in [0.15, 0.2) is 0 Å². The number of benzene rings is 2. The SMILES string of the molecule is COc1ccc(-c2nn(-c3ccccc3)cc2C2CC2C(=O)O)cc1Cl. The van der Waals surface area contributed by atoms with E-state index in [4.69, 9.17) is 21.4 Å². The van der Waals surface area contributed by atoms with Gasteiger partial charge in [-0.2, -0.15) is 5.10 Å². The molecule has 2 aromatic carbocycles. The summed E-state index contributed by atoms with van der Waals surface area (Å²) in [5.74, 6) is -0.549. The zero-order valence-corrected chi connectivity index (χ0v) is 14.8. The predicted octanol–water partition coefficient (Wildman–Crippen LogP) is 4.39. The fourth-order valence-electron chi connectivity index (χ4n) is 3.22. The van der Waals surface area contributed by atoms with Crippen LogP contribution < -0.4 is 4.74 Å². The van der Waals surface area contributed by atoms with E-state index in [2.05, 4.69) is 0 Å². The van der Waals surface area contributed by atoms with Crippen LogP contribution in [0.3, 0.4) is 0 Å². The lowest BCUT2D eigenvalue weighted by Crippen LogP contribution is -1.99. The summed E-state index contributed by atoms with van der Waals surface area (Å²) in [5, 5.41) is 14.5. The van der Waals surface area contributed by atoms with Crippen LogP contribution in [0.1, 0.15) is 17.9 Å². The first kappa shape index (κ1) is 16.7. The minimum Gasteiger partial charge on any atom is -0.495 e. The number of para-hydroxylation sites is 1. The van der Waals surface area contributed by atoms with Gasteiger partial charge in [-0.3, -0.25) is 4.79 Å². The number of halogens is 1. The van der Waals surface area contributed by atoms with Crippen molar-refractivity contribution in [3.8, 4) is 22.7 Å². The summed E-state index contributed by atoms with van der Waals surface area (Å²) < 4.78 is 7.01. The normalized spacial score (nSPS) is 18.5. The highest BCUT2D eigenvalue weighted by Crippen LogP contribution is 2.50. The summed E-state index contributed by atoms with van der Waals surface area (Å²) in [6, 6.07) is 15.2. The Hall–Kier alpha value is -2.79. The van der Waals surface area contributed by atoms with Crippen molar-refractivity contribution in [1.29, 1.82) is 0 Å². The maximum absolute atomic E-state index is 11.3. The molecule has 1 aromatic heterocycles. The number of aromatic nitrogens is 2. The third-order valence-corrected chi connectivity index (χ3v) is 4.99. The van der Waals surface area contributed by atoms with E-state index < -0.39 is 5.97 Å². The van der Waals surface area contributed by atoms with Crippen LogP contribution in [0.15, 0.2) is 54.7 Å². The number of aliphatic carboxylic acids is 1. The molecule has 0 bridgehead atoms. The lowest BCUT2D eigenvalue weighted by molar-refractivity contribution is -0.138. The van der Waals surface area contributed by atoms with E-state index in [-0.39, 0.29) is 11.8 Å². The topological polar surface area (TPSA) is 64.4 Å². The Morgan fingerprint density at radius 1 is 1.27 bits per heavy atom. The predicted molar refractivity (Wildman–Crippen MR) is 99.0 cm³/mol. The van der Waals surface area contributed by atoms with Crippen LogP contribution in [-0.2, 0) is 4.79 Å². The number of methoxy groups -OCH3 is 1. The quantitative estimate of drug-likeness (QED) is 0.725. The third-order valence-electron chi connectivity index (χ3n) is 4.70. The molecule has 6 heteroatoms. The minimum atomic E-state index is -0.763. The van der Waals surface area contributed by atoms with Crippen LogP contribution in [0.25, 0.3) is 16.9 Å².